The molecule has 4 nitrogen and oxygen atoms in total. The van der Waals surface area contributed by atoms with Crippen molar-refractivity contribution >= 4 is 12.0 Å². The van der Waals surface area contributed by atoms with Gasteiger partial charge in [0.1, 0.15) is 0 Å². The summed E-state index contributed by atoms with van der Waals surface area (Å²) in [7, 11) is 0. The summed E-state index contributed by atoms with van der Waals surface area (Å²) < 4.78 is 0. The molecule has 0 saturated carbocycles. The Morgan fingerprint density at radius 1 is 0.941 bits per heavy atom. The first-order chi connectivity index (χ1) is 16.6. The molecule has 172 valence electrons. The molecular weight excluding hydrogens is 418 g/mol. The van der Waals surface area contributed by atoms with Crippen LogP contribution in [0.2, 0.25) is 0 Å². The fourth-order valence-corrected chi connectivity index (χ4v) is 4.11. The van der Waals surface area contributed by atoms with Crippen molar-refractivity contribution in [2.24, 2.45) is 5.73 Å². The van der Waals surface area contributed by atoms with Crippen LogP contribution < -0.4 is 5.73 Å². The van der Waals surface area contributed by atoms with Crippen LogP contribution in [0.5, 0.6) is 0 Å². The van der Waals surface area contributed by atoms with E-state index in [4.69, 9.17) is 5.73 Å². The SMILES string of the molecule is Cc1ccc(C(C#Cc2ccc(C(N)=O)cc2)N2CCN(C/C=C/c3ccccc3)CC2)cc1. The second-order valence-electron chi connectivity index (χ2n) is 8.67. The molecule has 3 aromatic carbocycles. The van der Waals surface area contributed by atoms with Crippen molar-refractivity contribution in [1.29, 1.82) is 0 Å². The Labute approximate surface area is 202 Å². The number of hydrogen-bond acceptors (Lipinski definition) is 3. The van der Waals surface area contributed by atoms with E-state index in [0.717, 1.165) is 38.3 Å². The average Bonchev–Trinajstić information content (AvgIpc) is 2.87. The first-order valence-electron chi connectivity index (χ1n) is 11.7. The quantitative estimate of drug-likeness (QED) is 0.563. The molecule has 0 aromatic heterocycles. The van der Waals surface area contributed by atoms with Crippen molar-refractivity contribution in [2.75, 3.05) is 32.7 Å². The summed E-state index contributed by atoms with van der Waals surface area (Å²) in [5.74, 6) is 6.39. The molecule has 1 aliphatic rings. The molecule has 4 rings (SSSR count). The number of benzene rings is 3. The summed E-state index contributed by atoms with van der Waals surface area (Å²) in [5.41, 5.74) is 10.4. The molecule has 1 atom stereocenters. The molecule has 1 aliphatic heterocycles. The third-order valence-corrected chi connectivity index (χ3v) is 6.16. The third kappa shape index (κ3) is 6.45. The number of nitrogens with two attached hydrogens (primary N) is 1. The Hall–Kier alpha value is -3.65. The van der Waals surface area contributed by atoms with Gasteiger partial charge in [0.25, 0.3) is 0 Å². The number of rotatable bonds is 6. The monoisotopic (exact) mass is 449 g/mol. The van der Waals surface area contributed by atoms with Gasteiger partial charge in [0, 0.05) is 43.9 Å². The van der Waals surface area contributed by atoms with Crippen LogP contribution in [-0.4, -0.2) is 48.4 Å². The fourth-order valence-electron chi connectivity index (χ4n) is 4.11. The topological polar surface area (TPSA) is 49.6 Å². The zero-order valence-corrected chi connectivity index (χ0v) is 19.7. The van der Waals surface area contributed by atoms with Gasteiger partial charge in [0.2, 0.25) is 5.91 Å². The van der Waals surface area contributed by atoms with Gasteiger partial charge in [-0.05, 0) is 42.3 Å². The van der Waals surface area contributed by atoms with Crippen molar-refractivity contribution in [3.05, 3.63) is 113 Å². The minimum atomic E-state index is -0.423. The molecule has 1 amide bonds. The number of carbonyl (C=O) groups excluding carboxylic acids is 1. The minimum absolute atomic E-state index is 0.0263. The van der Waals surface area contributed by atoms with Gasteiger partial charge in [-0.1, -0.05) is 84.2 Å². The Bertz CT molecular complexity index is 1160. The summed E-state index contributed by atoms with van der Waals surface area (Å²) in [4.78, 5) is 16.3. The lowest BCUT2D eigenvalue weighted by molar-refractivity contribution is 0.100. The highest BCUT2D eigenvalue weighted by Gasteiger charge is 2.23. The molecule has 0 aliphatic carbocycles. The number of hydrogen-bond donors (Lipinski definition) is 1. The van der Waals surface area contributed by atoms with Crippen molar-refractivity contribution in [1.82, 2.24) is 9.80 Å². The summed E-state index contributed by atoms with van der Waals surface area (Å²) in [5, 5.41) is 0. The normalized spacial score (nSPS) is 15.6. The maximum atomic E-state index is 11.3. The standard InChI is InChI=1S/C30H31N3O/c1-24-9-14-27(15-10-24)29(18-13-26-11-16-28(17-12-26)30(31)34)33-22-20-32(21-23-33)19-5-8-25-6-3-2-4-7-25/h2-12,14-17,29H,19-23H2,1H3,(H2,31,34)/b8-5+. The van der Waals surface area contributed by atoms with Gasteiger partial charge in [0.15, 0.2) is 0 Å². The largest absolute Gasteiger partial charge is 0.366 e. The van der Waals surface area contributed by atoms with E-state index in [1.54, 1.807) is 12.1 Å². The van der Waals surface area contributed by atoms with E-state index in [-0.39, 0.29) is 6.04 Å². The molecule has 0 bridgehead atoms. The molecule has 0 spiro atoms. The van der Waals surface area contributed by atoms with Crippen LogP contribution in [0.15, 0.2) is 84.9 Å². The third-order valence-electron chi connectivity index (χ3n) is 6.16. The lowest BCUT2D eigenvalue weighted by Crippen LogP contribution is -2.47. The average molecular weight is 450 g/mol. The Morgan fingerprint density at radius 3 is 2.26 bits per heavy atom. The fraction of sp³-hybridized carbons (Fsp3) is 0.233. The number of carbonyl (C=O) groups is 1. The van der Waals surface area contributed by atoms with E-state index >= 15 is 0 Å². The molecule has 34 heavy (non-hydrogen) atoms. The van der Waals surface area contributed by atoms with Crippen LogP contribution in [-0.2, 0) is 0 Å². The highest BCUT2D eigenvalue weighted by atomic mass is 16.1. The predicted molar refractivity (Wildman–Crippen MR) is 139 cm³/mol. The molecule has 0 radical (unpaired) electrons. The van der Waals surface area contributed by atoms with Crippen molar-refractivity contribution in [2.45, 2.75) is 13.0 Å². The lowest BCUT2D eigenvalue weighted by Gasteiger charge is -2.37. The molecular formula is C30H31N3O. The molecule has 1 fully saturated rings. The van der Waals surface area contributed by atoms with E-state index < -0.39 is 5.91 Å². The molecule has 2 N–H and O–H groups in total. The zero-order valence-electron chi connectivity index (χ0n) is 19.7. The van der Waals surface area contributed by atoms with E-state index in [1.807, 2.05) is 18.2 Å². The minimum Gasteiger partial charge on any atom is -0.366 e. The second kappa shape index (κ2) is 11.5. The molecule has 3 aromatic rings. The van der Waals surface area contributed by atoms with Gasteiger partial charge in [0.05, 0.1) is 6.04 Å². The Kier molecular flexibility index (Phi) is 7.93. The second-order valence-corrected chi connectivity index (χ2v) is 8.67. The van der Waals surface area contributed by atoms with Gasteiger partial charge in [-0.25, -0.2) is 0 Å². The number of amides is 1. The van der Waals surface area contributed by atoms with Crippen molar-refractivity contribution in [3.8, 4) is 11.8 Å². The van der Waals surface area contributed by atoms with Crippen LogP contribution >= 0.6 is 0 Å². The van der Waals surface area contributed by atoms with Gasteiger partial charge in [-0.15, -0.1) is 0 Å². The lowest BCUT2D eigenvalue weighted by atomic mass is 10.0. The molecule has 4 heteroatoms. The maximum Gasteiger partial charge on any atom is 0.248 e. The first-order valence-corrected chi connectivity index (χ1v) is 11.7. The molecule has 1 heterocycles. The van der Waals surface area contributed by atoms with E-state index in [2.05, 4.69) is 89.2 Å². The maximum absolute atomic E-state index is 11.3. The van der Waals surface area contributed by atoms with Crippen LogP contribution in [0.4, 0.5) is 0 Å². The van der Waals surface area contributed by atoms with Crippen LogP contribution in [0.1, 0.15) is 38.7 Å². The zero-order chi connectivity index (χ0) is 23.8. The summed E-state index contributed by atoms with van der Waals surface area (Å²) in [6.45, 7) is 7.01. The first kappa shape index (κ1) is 23.5. The van der Waals surface area contributed by atoms with Gasteiger partial charge in [-0.2, -0.15) is 0 Å². The van der Waals surface area contributed by atoms with Gasteiger partial charge >= 0.3 is 0 Å². The Balaban J connectivity index is 1.43. The summed E-state index contributed by atoms with van der Waals surface area (Å²) in [6, 6.07) is 26.3. The van der Waals surface area contributed by atoms with Crippen LogP contribution in [0.25, 0.3) is 6.08 Å². The van der Waals surface area contributed by atoms with Gasteiger partial charge in [-0.3, -0.25) is 14.6 Å². The molecule has 1 saturated heterocycles. The summed E-state index contributed by atoms with van der Waals surface area (Å²) in [6.07, 6.45) is 4.44. The number of nitrogens with zero attached hydrogens (tertiary/aromatic N) is 2. The highest BCUT2D eigenvalue weighted by Crippen LogP contribution is 2.22. The number of aryl methyl sites for hydroxylation is 1. The van der Waals surface area contributed by atoms with E-state index in [0.29, 0.717) is 5.56 Å². The number of piperazine rings is 1. The molecule has 1 unspecified atom stereocenters. The van der Waals surface area contributed by atoms with Crippen molar-refractivity contribution < 1.29 is 4.79 Å². The van der Waals surface area contributed by atoms with Gasteiger partial charge < -0.3 is 5.73 Å². The van der Waals surface area contributed by atoms with Crippen molar-refractivity contribution in [3.63, 3.8) is 0 Å². The predicted octanol–water partition coefficient (Wildman–Crippen LogP) is 4.52. The van der Waals surface area contributed by atoms with Crippen LogP contribution in [0.3, 0.4) is 0 Å². The summed E-state index contributed by atoms with van der Waals surface area (Å²) >= 11 is 0. The van der Waals surface area contributed by atoms with E-state index in [9.17, 15) is 4.79 Å². The smallest absolute Gasteiger partial charge is 0.248 e. The number of primary amides is 1. The van der Waals surface area contributed by atoms with E-state index in [1.165, 1.54) is 16.7 Å². The van der Waals surface area contributed by atoms with Crippen LogP contribution in [0, 0.1) is 18.8 Å². The highest BCUT2D eigenvalue weighted by molar-refractivity contribution is 5.92. The Morgan fingerprint density at radius 2 is 1.62 bits per heavy atom.